The second kappa shape index (κ2) is 7.06. The van der Waals surface area contributed by atoms with Gasteiger partial charge in [0, 0.05) is 31.0 Å². The van der Waals surface area contributed by atoms with Crippen molar-refractivity contribution in [2.24, 2.45) is 5.92 Å². The Morgan fingerprint density at radius 3 is 2.84 bits per heavy atom. The summed E-state index contributed by atoms with van der Waals surface area (Å²) in [6, 6.07) is 8.02. The van der Waals surface area contributed by atoms with E-state index >= 15 is 0 Å². The average molecular weight is 325 g/mol. The molecule has 1 fully saturated rings. The SMILES string of the molecule is CN(Cc1ccccc1Br)C(=O)CCNCC1CC1. The molecule has 0 aromatic heterocycles. The van der Waals surface area contributed by atoms with E-state index in [4.69, 9.17) is 0 Å². The number of carbonyl (C=O) groups excluding carboxylic acids is 1. The fourth-order valence-corrected chi connectivity index (χ4v) is 2.39. The fraction of sp³-hybridized carbons (Fsp3) is 0.533. The molecule has 3 nitrogen and oxygen atoms in total. The molecule has 0 spiro atoms. The van der Waals surface area contributed by atoms with E-state index in [-0.39, 0.29) is 5.91 Å². The van der Waals surface area contributed by atoms with Crippen LogP contribution in [0, 0.1) is 5.92 Å². The highest BCUT2D eigenvalue weighted by molar-refractivity contribution is 9.10. The number of carbonyl (C=O) groups is 1. The summed E-state index contributed by atoms with van der Waals surface area (Å²) in [5, 5.41) is 3.35. The maximum absolute atomic E-state index is 12.0. The summed E-state index contributed by atoms with van der Waals surface area (Å²) in [5.41, 5.74) is 1.14. The molecule has 1 saturated carbocycles. The fourth-order valence-electron chi connectivity index (χ4n) is 1.98. The number of nitrogens with zero attached hydrogens (tertiary/aromatic N) is 1. The average Bonchev–Trinajstić information content (AvgIpc) is 3.21. The summed E-state index contributed by atoms with van der Waals surface area (Å²) < 4.78 is 1.06. The van der Waals surface area contributed by atoms with Gasteiger partial charge in [-0.05, 0) is 36.9 Å². The zero-order valence-corrected chi connectivity index (χ0v) is 12.9. The molecule has 2 rings (SSSR count). The number of hydrogen-bond acceptors (Lipinski definition) is 2. The van der Waals surface area contributed by atoms with Crippen molar-refractivity contribution in [1.82, 2.24) is 10.2 Å². The summed E-state index contributed by atoms with van der Waals surface area (Å²) in [6.45, 7) is 2.51. The molecule has 1 N–H and O–H groups in total. The monoisotopic (exact) mass is 324 g/mol. The van der Waals surface area contributed by atoms with Gasteiger partial charge in [-0.25, -0.2) is 0 Å². The Balaban J connectivity index is 1.70. The molecule has 0 unspecified atom stereocenters. The zero-order valence-electron chi connectivity index (χ0n) is 11.4. The van der Waals surface area contributed by atoms with Gasteiger partial charge in [-0.15, -0.1) is 0 Å². The van der Waals surface area contributed by atoms with Gasteiger partial charge in [0.05, 0.1) is 0 Å². The van der Waals surface area contributed by atoms with Crippen molar-refractivity contribution in [2.75, 3.05) is 20.1 Å². The quantitative estimate of drug-likeness (QED) is 0.782. The molecule has 1 aliphatic carbocycles. The Morgan fingerprint density at radius 1 is 1.42 bits per heavy atom. The summed E-state index contributed by atoms with van der Waals surface area (Å²) in [4.78, 5) is 13.8. The van der Waals surface area contributed by atoms with Crippen molar-refractivity contribution < 1.29 is 4.79 Å². The van der Waals surface area contributed by atoms with E-state index in [2.05, 4.69) is 21.2 Å². The van der Waals surface area contributed by atoms with E-state index in [0.29, 0.717) is 13.0 Å². The highest BCUT2D eigenvalue weighted by Gasteiger charge is 2.20. The predicted molar refractivity (Wildman–Crippen MR) is 80.8 cm³/mol. The topological polar surface area (TPSA) is 32.3 Å². The van der Waals surface area contributed by atoms with E-state index in [1.807, 2.05) is 31.3 Å². The third-order valence-corrected chi connectivity index (χ3v) is 4.21. The number of amides is 1. The van der Waals surface area contributed by atoms with Gasteiger partial charge in [-0.2, -0.15) is 0 Å². The predicted octanol–water partition coefficient (Wildman–Crippen LogP) is 2.80. The molecule has 0 heterocycles. The third kappa shape index (κ3) is 4.96. The van der Waals surface area contributed by atoms with E-state index in [1.54, 1.807) is 4.90 Å². The van der Waals surface area contributed by atoms with E-state index in [1.165, 1.54) is 12.8 Å². The minimum absolute atomic E-state index is 0.194. The molecule has 104 valence electrons. The molecule has 0 aliphatic heterocycles. The van der Waals surface area contributed by atoms with Gasteiger partial charge in [-0.3, -0.25) is 4.79 Å². The van der Waals surface area contributed by atoms with E-state index in [0.717, 1.165) is 29.0 Å². The maximum atomic E-state index is 12.0. The molecule has 1 aliphatic rings. The summed E-state index contributed by atoms with van der Waals surface area (Å²) in [5.74, 6) is 1.06. The highest BCUT2D eigenvalue weighted by atomic mass is 79.9. The zero-order chi connectivity index (χ0) is 13.7. The molecule has 0 saturated heterocycles. The molecule has 4 heteroatoms. The first kappa shape index (κ1) is 14.5. The van der Waals surface area contributed by atoms with Gasteiger partial charge >= 0.3 is 0 Å². The van der Waals surface area contributed by atoms with Crippen LogP contribution in [0.1, 0.15) is 24.8 Å². The van der Waals surface area contributed by atoms with Crippen LogP contribution >= 0.6 is 15.9 Å². The molecule has 19 heavy (non-hydrogen) atoms. The first-order valence-corrected chi connectivity index (χ1v) is 7.64. The minimum atomic E-state index is 0.194. The molecule has 0 radical (unpaired) electrons. The van der Waals surface area contributed by atoms with Crippen LogP contribution in [0.5, 0.6) is 0 Å². The molecule has 1 amide bonds. The molecular formula is C15H21BrN2O. The van der Waals surface area contributed by atoms with Crippen molar-refractivity contribution in [2.45, 2.75) is 25.8 Å². The number of nitrogens with one attached hydrogen (secondary N) is 1. The Morgan fingerprint density at radius 2 is 2.16 bits per heavy atom. The molecule has 1 aromatic carbocycles. The lowest BCUT2D eigenvalue weighted by atomic mass is 10.2. The van der Waals surface area contributed by atoms with Crippen LogP contribution in [0.25, 0.3) is 0 Å². The van der Waals surface area contributed by atoms with Gasteiger partial charge in [0.25, 0.3) is 0 Å². The van der Waals surface area contributed by atoms with Crippen LogP contribution in [0.2, 0.25) is 0 Å². The van der Waals surface area contributed by atoms with Crippen LogP contribution in [-0.2, 0) is 11.3 Å². The summed E-state index contributed by atoms with van der Waals surface area (Å²) >= 11 is 3.51. The maximum Gasteiger partial charge on any atom is 0.223 e. The van der Waals surface area contributed by atoms with Crippen molar-refractivity contribution in [3.63, 3.8) is 0 Å². The van der Waals surface area contributed by atoms with Crippen molar-refractivity contribution in [1.29, 1.82) is 0 Å². The van der Waals surface area contributed by atoms with Crippen molar-refractivity contribution >= 4 is 21.8 Å². The largest absolute Gasteiger partial charge is 0.341 e. The Bertz CT molecular complexity index is 432. The first-order valence-electron chi connectivity index (χ1n) is 6.85. The lowest BCUT2D eigenvalue weighted by Gasteiger charge is -2.18. The molecule has 0 atom stereocenters. The van der Waals surface area contributed by atoms with Crippen molar-refractivity contribution in [3.8, 4) is 0 Å². The number of benzene rings is 1. The van der Waals surface area contributed by atoms with Crippen LogP contribution in [0.4, 0.5) is 0 Å². The van der Waals surface area contributed by atoms with E-state index < -0.39 is 0 Å². The Labute approximate surface area is 123 Å². The van der Waals surface area contributed by atoms with Crippen LogP contribution in [0.3, 0.4) is 0 Å². The summed E-state index contributed by atoms with van der Waals surface area (Å²) in [7, 11) is 1.86. The molecule has 1 aromatic rings. The second-order valence-electron chi connectivity index (χ2n) is 5.24. The number of rotatable bonds is 7. The highest BCUT2D eigenvalue weighted by Crippen LogP contribution is 2.27. The second-order valence-corrected chi connectivity index (χ2v) is 6.09. The minimum Gasteiger partial charge on any atom is -0.341 e. The van der Waals surface area contributed by atoms with Gasteiger partial charge in [0.15, 0.2) is 0 Å². The third-order valence-electron chi connectivity index (χ3n) is 3.44. The Kier molecular flexibility index (Phi) is 5.40. The normalized spacial score (nSPS) is 14.4. The smallest absolute Gasteiger partial charge is 0.223 e. The van der Waals surface area contributed by atoms with Crippen LogP contribution in [0.15, 0.2) is 28.7 Å². The first-order chi connectivity index (χ1) is 9.16. The number of halogens is 1. The van der Waals surface area contributed by atoms with Gasteiger partial charge < -0.3 is 10.2 Å². The Hall–Kier alpha value is -0.870. The molecule has 0 bridgehead atoms. The lowest BCUT2D eigenvalue weighted by molar-refractivity contribution is -0.130. The van der Waals surface area contributed by atoms with Crippen LogP contribution < -0.4 is 5.32 Å². The van der Waals surface area contributed by atoms with Gasteiger partial charge in [-0.1, -0.05) is 34.1 Å². The van der Waals surface area contributed by atoms with Crippen molar-refractivity contribution in [3.05, 3.63) is 34.3 Å². The van der Waals surface area contributed by atoms with Gasteiger partial charge in [0.1, 0.15) is 0 Å². The van der Waals surface area contributed by atoms with Crippen LogP contribution in [-0.4, -0.2) is 30.9 Å². The van der Waals surface area contributed by atoms with Gasteiger partial charge in [0.2, 0.25) is 5.91 Å². The number of hydrogen-bond donors (Lipinski definition) is 1. The standard InChI is InChI=1S/C15H21BrN2O/c1-18(11-13-4-2-3-5-14(13)16)15(19)8-9-17-10-12-6-7-12/h2-5,12,17H,6-11H2,1H3. The lowest BCUT2D eigenvalue weighted by Crippen LogP contribution is -2.30. The summed E-state index contributed by atoms with van der Waals surface area (Å²) in [6.07, 6.45) is 3.28. The molecular weight excluding hydrogens is 304 g/mol. The van der Waals surface area contributed by atoms with E-state index in [9.17, 15) is 4.79 Å².